The normalized spacial score (nSPS) is 19.8. The number of methoxy groups -OCH3 is 2. The van der Waals surface area contributed by atoms with Gasteiger partial charge in [0.2, 0.25) is 0 Å². The van der Waals surface area contributed by atoms with Crippen LogP contribution in [0.15, 0.2) is 94.6 Å². The summed E-state index contributed by atoms with van der Waals surface area (Å²) in [4.78, 5) is 37.1. The number of H-pyrrole nitrogens is 1. The van der Waals surface area contributed by atoms with E-state index >= 15 is 0 Å². The number of rotatable bonds is 11. The predicted molar refractivity (Wildman–Crippen MR) is 163 cm³/mol. The third-order valence-electron chi connectivity index (χ3n) is 7.61. The molecule has 11 nitrogen and oxygen atoms in total. The van der Waals surface area contributed by atoms with Crippen LogP contribution in [0.1, 0.15) is 34.9 Å². The Hall–Kier alpha value is -3.99. The first-order chi connectivity index (χ1) is 21.0. The summed E-state index contributed by atoms with van der Waals surface area (Å²) in [5.74, 6) is 1.34. The molecule has 1 aromatic heterocycles. The number of hydrogen-bond donors (Lipinski definition) is 2. The van der Waals surface area contributed by atoms with E-state index in [1.54, 1.807) is 21.1 Å². The number of aromatic nitrogens is 2. The van der Waals surface area contributed by atoms with Gasteiger partial charge >= 0.3 is 13.3 Å². The third kappa shape index (κ3) is 6.57. The first kappa shape index (κ1) is 31.4. The Morgan fingerprint density at radius 3 is 2.00 bits per heavy atom. The van der Waals surface area contributed by atoms with Gasteiger partial charge in [-0.05, 0) is 47.9 Å². The van der Waals surface area contributed by atoms with Crippen molar-refractivity contribution in [1.29, 1.82) is 0 Å². The topological polar surface area (TPSA) is 138 Å². The lowest BCUT2D eigenvalue weighted by molar-refractivity contribution is -0.0922. The number of aromatic amines is 1. The highest BCUT2D eigenvalue weighted by molar-refractivity contribution is 7.51. The van der Waals surface area contributed by atoms with Crippen LogP contribution in [0.5, 0.6) is 11.5 Å². The van der Waals surface area contributed by atoms with E-state index in [1.165, 1.54) is 10.8 Å². The van der Waals surface area contributed by atoms with Crippen LogP contribution in [0.25, 0.3) is 0 Å². The van der Waals surface area contributed by atoms with E-state index in [4.69, 9.17) is 23.5 Å². The molecule has 0 saturated carbocycles. The molecule has 1 unspecified atom stereocenters. The minimum Gasteiger partial charge on any atom is -0.497 e. The second-order valence-electron chi connectivity index (χ2n) is 10.6. The van der Waals surface area contributed by atoms with Gasteiger partial charge in [-0.3, -0.25) is 18.9 Å². The Balaban J connectivity index is 1.59. The number of nitrogens with one attached hydrogen (secondary N) is 1. The molecule has 0 bridgehead atoms. The van der Waals surface area contributed by atoms with Gasteiger partial charge in [0, 0.05) is 24.8 Å². The molecule has 0 spiro atoms. The second kappa shape index (κ2) is 12.9. The molecular weight excluding hydrogens is 587 g/mol. The quantitative estimate of drug-likeness (QED) is 0.185. The Kier molecular flexibility index (Phi) is 9.24. The van der Waals surface area contributed by atoms with Crippen LogP contribution >= 0.6 is 7.60 Å². The Bertz CT molecular complexity index is 1680. The SMILES string of the molecule is COc1ccc(C(OC[C@H]2O[C@@H](n3cc(C)c(=O)[nH]c3=O)C[C@@H]2OP(C)(=O)O)(c2ccccc2)c2ccc(OC)cc2)cc1. The highest BCUT2D eigenvalue weighted by Crippen LogP contribution is 2.46. The largest absolute Gasteiger partial charge is 0.497 e. The van der Waals surface area contributed by atoms with Crippen molar-refractivity contribution in [3.05, 3.63) is 128 Å². The van der Waals surface area contributed by atoms with Crippen molar-refractivity contribution in [2.45, 2.75) is 37.4 Å². The number of benzene rings is 3. The van der Waals surface area contributed by atoms with Gasteiger partial charge in [-0.25, -0.2) is 4.79 Å². The van der Waals surface area contributed by atoms with Crippen molar-refractivity contribution in [2.75, 3.05) is 27.5 Å². The predicted octanol–water partition coefficient (Wildman–Crippen LogP) is 4.36. The van der Waals surface area contributed by atoms with Gasteiger partial charge in [-0.1, -0.05) is 54.6 Å². The molecule has 232 valence electrons. The monoisotopic (exact) mass is 622 g/mol. The van der Waals surface area contributed by atoms with Crippen LogP contribution in [-0.2, 0) is 24.2 Å². The standard InChI is InChI=1S/C32H35N2O9P/c1-21-19-34(31(36)33-30(21)35)29-18-27(43-44(4,37)38)28(42-29)20-41-32(22-8-6-5-7-9-22,23-10-14-25(39-2)15-11-23)24-12-16-26(40-3)17-13-24/h5-17,19,27-29H,18,20H2,1-4H3,(H,37,38)(H,33,35,36)/t27-,28+,29+/m0/s1. The van der Waals surface area contributed by atoms with Crippen LogP contribution in [-0.4, -0.2) is 54.1 Å². The Morgan fingerprint density at radius 2 is 1.48 bits per heavy atom. The zero-order valence-corrected chi connectivity index (χ0v) is 25.7. The maximum atomic E-state index is 12.7. The Labute approximate surface area is 254 Å². The molecule has 0 radical (unpaired) electrons. The number of hydrogen-bond acceptors (Lipinski definition) is 8. The fourth-order valence-corrected chi connectivity index (χ4v) is 6.19. The molecule has 44 heavy (non-hydrogen) atoms. The van der Waals surface area contributed by atoms with E-state index in [0.29, 0.717) is 17.1 Å². The zero-order valence-electron chi connectivity index (χ0n) is 24.8. The van der Waals surface area contributed by atoms with Crippen LogP contribution in [0.4, 0.5) is 0 Å². The van der Waals surface area contributed by atoms with Crippen molar-refractivity contribution in [2.24, 2.45) is 0 Å². The van der Waals surface area contributed by atoms with E-state index in [-0.39, 0.29) is 13.0 Å². The lowest BCUT2D eigenvalue weighted by Gasteiger charge is -2.37. The van der Waals surface area contributed by atoms with Crippen molar-refractivity contribution < 1.29 is 32.9 Å². The van der Waals surface area contributed by atoms with Crippen molar-refractivity contribution in [1.82, 2.24) is 9.55 Å². The van der Waals surface area contributed by atoms with Gasteiger partial charge in [0.1, 0.15) is 29.4 Å². The highest BCUT2D eigenvalue weighted by Gasteiger charge is 2.44. The number of nitrogens with zero attached hydrogens (tertiary/aromatic N) is 1. The van der Waals surface area contributed by atoms with Gasteiger partial charge in [-0.2, -0.15) is 0 Å². The van der Waals surface area contributed by atoms with Crippen molar-refractivity contribution >= 4 is 7.60 Å². The van der Waals surface area contributed by atoms with Gasteiger partial charge < -0.3 is 28.4 Å². The molecule has 0 amide bonds. The van der Waals surface area contributed by atoms with E-state index in [1.807, 2.05) is 78.9 Å². The fraction of sp³-hybridized carbons (Fsp3) is 0.312. The van der Waals surface area contributed by atoms with Gasteiger partial charge in [0.15, 0.2) is 0 Å². The summed E-state index contributed by atoms with van der Waals surface area (Å²) in [5.41, 5.74) is 0.373. The average Bonchev–Trinajstić information content (AvgIpc) is 3.41. The smallest absolute Gasteiger partial charge is 0.330 e. The van der Waals surface area contributed by atoms with Gasteiger partial charge in [0.25, 0.3) is 5.56 Å². The molecule has 3 aromatic carbocycles. The molecule has 4 atom stereocenters. The minimum absolute atomic E-state index is 0.0707. The molecule has 0 aliphatic carbocycles. The maximum absolute atomic E-state index is 12.7. The summed E-state index contributed by atoms with van der Waals surface area (Å²) >= 11 is 0. The zero-order chi connectivity index (χ0) is 31.5. The summed E-state index contributed by atoms with van der Waals surface area (Å²) in [6.07, 6.45) is -1.17. The molecule has 2 heterocycles. The molecule has 1 aliphatic rings. The van der Waals surface area contributed by atoms with Crippen LogP contribution in [0.3, 0.4) is 0 Å². The molecule has 1 fully saturated rings. The molecule has 5 rings (SSSR count). The van der Waals surface area contributed by atoms with Crippen LogP contribution in [0.2, 0.25) is 0 Å². The average molecular weight is 623 g/mol. The molecular formula is C32H35N2O9P. The summed E-state index contributed by atoms with van der Waals surface area (Å²) in [6, 6.07) is 24.7. The van der Waals surface area contributed by atoms with Gasteiger partial charge in [0.05, 0.1) is 26.9 Å². The van der Waals surface area contributed by atoms with E-state index in [2.05, 4.69) is 4.98 Å². The van der Waals surface area contributed by atoms with Crippen molar-refractivity contribution in [3.63, 3.8) is 0 Å². The molecule has 1 aliphatic heterocycles. The van der Waals surface area contributed by atoms with E-state index < -0.39 is 42.9 Å². The number of aryl methyl sites for hydroxylation is 1. The minimum atomic E-state index is -3.96. The maximum Gasteiger partial charge on any atom is 0.330 e. The third-order valence-corrected chi connectivity index (χ3v) is 8.27. The van der Waals surface area contributed by atoms with Crippen LogP contribution < -0.4 is 20.7 Å². The second-order valence-corrected chi connectivity index (χ2v) is 12.4. The first-order valence-electron chi connectivity index (χ1n) is 14.0. The van der Waals surface area contributed by atoms with E-state index in [0.717, 1.165) is 23.4 Å². The summed E-state index contributed by atoms with van der Waals surface area (Å²) in [6.45, 7) is 2.58. The lowest BCUT2D eigenvalue weighted by atomic mass is 9.80. The highest BCUT2D eigenvalue weighted by atomic mass is 31.2. The molecule has 2 N–H and O–H groups in total. The summed E-state index contributed by atoms with van der Waals surface area (Å²) < 4.78 is 43.3. The number of ether oxygens (including phenoxy) is 4. The lowest BCUT2D eigenvalue weighted by Crippen LogP contribution is -2.38. The molecule has 1 saturated heterocycles. The van der Waals surface area contributed by atoms with Gasteiger partial charge in [-0.15, -0.1) is 0 Å². The van der Waals surface area contributed by atoms with E-state index in [9.17, 15) is 19.0 Å². The molecule has 4 aromatic rings. The van der Waals surface area contributed by atoms with Crippen molar-refractivity contribution in [3.8, 4) is 11.5 Å². The summed E-state index contributed by atoms with van der Waals surface area (Å²) in [5, 5.41) is 0. The molecule has 12 heteroatoms. The van der Waals surface area contributed by atoms with Crippen LogP contribution in [0, 0.1) is 6.92 Å². The first-order valence-corrected chi connectivity index (χ1v) is 16.0. The fourth-order valence-electron chi connectivity index (χ4n) is 5.46. The summed E-state index contributed by atoms with van der Waals surface area (Å²) in [7, 11) is -0.778. The Morgan fingerprint density at radius 1 is 0.932 bits per heavy atom.